The zero-order valence-electron chi connectivity index (χ0n) is 11.7. The van der Waals surface area contributed by atoms with Crippen molar-refractivity contribution in [1.29, 1.82) is 0 Å². The number of rotatable bonds is 6. The summed E-state index contributed by atoms with van der Waals surface area (Å²) in [5.41, 5.74) is 0. The number of aliphatic carboxylic acids is 1. The number of carboxylic acids is 1. The van der Waals surface area contributed by atoms with Crippen LogP contribution in [0.25, 0.3) is 0 Å². The van der Waals surface area contributed by atoms with Gasteiger partial charge >= 0.3 is 5.97 Å². The molecule has 2 N–H and O–H groups in total. The predicted molar refractivity (Wildman–Crippen MR) is 70.8 cm³/mol. The molecular weight excluding hydrogens is 232 g/mol. The van der Waals surface area contributed by atoms with Crippen molar-refractivity contribution in [2.75, 3.05) is 26.2 Å². The van der Waals surface area contributed by atoms with Crippen molar-refractivity contribution >= 4 is 5.97 Å². The van der Waals surface area contributed by atoms with Crippen molar-refractivity contribution in [3.8, 4) is 0 Å². The lowest BCUT2D eigenvalue weighted by atomic mass is 10.1. The molecular formula is C13H26N2O3. The summed E-state index contributed by atoms with van der Waals surface area (Å²) >= 11 is 0. The molecule has 0 saturated carbocycles. The van der Waals surface area contributed by atoms with Crippen LogP contribution in [0.5, 0.6) is 0 Å². The van der Waals surface area contributed by atoms with E-state index in [2.05, 4.69) is 17.1 Å². The fourth-order valence-electron chi connectivity index (χ4n) is 2.28. The molecule has 0 radical (unpaired) electrons. The van der Waals surface area contributed by atoms with Gasteiger partial charge in [0.25, 0.3) is 0 Å². The highest BCUT2D eigenvalue weighted by Gasteiger charge is 2.21. The molecule has 1 fully saturated rings. The van der Waals surface area contributed by atoms with Crippen molar-refractivity contribution in [3.05, 3.63) is 0 Å². The fraction of sp³-hybridized carbons (Fsp3) is 0.923. The number of hydrogen-bond donors (Lipinski definition) is 2. The minimum atomic E-state index is -0.761. The Morgan fingerprint density at radius 1 is 1.56 bits per heavy atom. The molecule has 5 nitrogen and oxygen atoms in total. The highest BCUT2D eigenvalue weighted by Crippen LogP contribution is 2.07. The zero-order valence-corrected chi connectivity index (χ0v) is 11.7. The Bertz CT molecular complexity index is 259. The van der Waals surface area contributed by atoms with Crippen molar-refractivity contribution in [2.24, 2.45) is 0 Å². The molecule has 1 aliphatic heterocycles. The number of carbonyl (C=O) groups is 1. The Kier molecular flexibility index (Phi) is 6.60. The molecule has 0 aromatic heterocycles. The second-order valence-corrected chi connectivity index (χ2v) is 5.34. The minimum Gasteiger partial charge on any atom is -0.480 e. The molecule has 1 aliphatic rings. The highest BCUT2D eigenvalue weighted by molar-refractivity contribution is 5.73. The third-order valence-electron chi connectivity index (χ3n) is 3.10. The van der Waals surface area contributed by atoms with Crippen LogP contribution < -0.4 is 5.32 Å². The molecule has 0 amide bonds. The summed E-state index contributed by atoms with van der Waals surface area (Å²) in [5, 5.41) is 12.2. The number of carboxylic acid groups (broad SMARTS) is 1. The van der Waals surface area contributed by atoms with E-state index < -0.39 is 12.0 Å². The third-order valence-corrected chi connectivity index (χ3v) is 3.10. The van der Waals surface area contributed by atoms with Crippen LogP contribution in [0.15, 0.2) is 0 Å². The van der Waals surface area contributed by atoms with Crippen LogP contribution in [0, 0.1) is 0 Å². The topological polar surface area (TPSA) is 61.8 Å². The maximum atomic E-state index is 11.1. The highest BCUT2D eigenvalue weighted by atomic mass is 16.5. The van der Waals surface area contributed by atoms with E-state index in [1.54, 1.807) is 0 Å². The molecule has 0 aliphatic carbocycles. The third kappa shape index (κ3) is 5.80. The molecule has 1 saturated heterocycles. The van der Waals surface area contributed by atoms with E-state index in [1.807, 2.05) is 13.8 Å². The van der Waals surface area contributed by atoms with Gasteiger partial charge in [0.2, 0.25) is 0 Å². The second-order valence-electron chi connectivity index (χ2n) is 5.34. The normalized spacial score (nSPS) is 23.9. The van der Waals surface area contributed by atoms with Crippen molar-refractivity contribution in [1.82, 2.24) is 10.2 Å². The van der Waals surface area contributed by atoms with E-state index in [1.165, 1.54) is 0 Å². The number of nitrogens with zero attached hydrogens (tertiary/aromatic N) is 1. The van der Waals surface area contributed by atoms with Crippen LogP contribution in [0.4, 0.5) is 0 Å². The van der Waals surface area contributed by atoms with Crippen LogP contribution in [0.2, 0.25) is 0 Å². The van der Waals surface area contributed by atoms with Crippen LogP contribution in [0.3, 0.4) is 0 Å². The molecule has 5 heteroatoms. The zero-order chi connectivity index (χ0) is 13.5. The lowest BCUT2D eigenvalue weighted by Gasteiger charge is -2.24. The summed E-state index contributed by atoms with van der Waals surface area (Å²) in [6.45, 7) is 9.52. The van der Waals surface area contributed by atoms with Crippen LogP contribution in [-0.2, 0) is 9.53 Å². The van der Waals surface area contributed by atoms with Gasteiger partial charge in [0.1, 0.15) is 6.04 Å². The maximum Gasteiger partial charge on any atom is 0.320 e. The largest absolute Gasteiger partial charge is 0.480 e. The number of hydrogen-bond acceptors (Lipinski definition) is 4. The molecule has 106 valence electrons. The van der Waals surface area contributed by atoms with Gasteiger partial charge < -0.3 is 20.1 Å². The molecule has 0 bridgehead atoms. The minimum absolute atomic E-state index is 0.192. The van der Waals surface area contributed by atoms with Gasteiger partial charge in [0.15, 0.2) is 0 Å². The van der Waals surface area contributed by atoms with Crippen molar-refractivity contribution in [2.45, 2.75) is 51.8 Å². The van der Waals surface area contributed by atoms with Gasteiger partial charge in [-0.2, -0.15) is 0 Å². The van der Waals surface area contributed by atoms with E-state index >= 15 is 0 Å². The average Bonchev–Trinajstić information content (AvgIpc) is 2.48. The lowest BCUT2D eigenvalue weighted by Crippen LogP contribution is -2.43. The molecule has 0 aromatic carbocycles. The summed E-state index contributed by atoms with van der Waals surface area (Å²) < 4.78 is 5.58. The summed E-state index contributed by atoms with van der Waals surface area (Å²) in [6.07, 6.45) is 1.91. The second kappa shape index (κ2) is 7.71. The van der Waals surface area contributed by atoms with E-state index in [9.17, 15) is 4.79 Å². The van der Waals surface area contributed by atoms with Crippen LogP contribution >= 0.6 is 0 Å². The number of ether oxygens (including phenoxy) is 1. The van der Waals surface area contributed by atoms with Gasteiger partial charge in [0.05, 0.1) is 6.10 Å². The van der Waals surface area contributed by atoms with E-state index in [-0.39, 0.29) is 12.1 Å². The first-order chi connectivity index (χ1) is 8.49. The first-order valence-electron chi connectivity index (χ1n) is 6.82. The predicted octanol–water partition coefficient (Wildman–Crippen LogP) is 0.939. The number of nitrogens with one attached hydrogen (secondary N) is 1. The van der Waals surface area contributed by atoms with Gasteiger partial charge in [-0.1, -0.05) is 13.8 Å². The maximum absolute atomic E-state index is 11.1. The van der Waals surface area contributed by atoms with E-state index in [4.69, 9.17) is 9.84 Å². The van der Waals surface area contributed by atoms with Gasteiger partial charge in [-0.3, -0.25) is 4.79 Å². The van der Waals surface area contributed by atoms with Crippen LogP contribution in [-0.4, -0.2) is 60.4 Å². The van der Waals surface area contributed by atoms with Crippen molar-refractivity contribution < 1.29 is 14.6 Å². The van der Waals surface area contributed by atoms with Crippen molar-refractivity contribution in [3.63, 3.8) is 0 Å². The van der Waals surface area contributed by atoms with Gasteiger partial charge in [-0.15, -0.1) is 0 Å². The quantitative estimate of drug-likeness (QED) is 0.742. The molecule has 2 atom stereocenters. The fourth-order valence-corrected chi connectivity index (χ4v) is 2.28. The van der Waals surface area contributed by atoms with Gasteiger partial charge in [0, 0.05) is 32.3 Å². The van der Waals surface area contributed by atoms with Crippen LogP contribution in [0.1, 0.15) is 33.6 Å². The SMILES string of the molecule is CC(C)NC(CCN1CCCOC(C)C1)C(=O)O. The average molecular weight is 258 g/mol. The Morgan fingerprint density at radius 2 is 2.28 bits per heavy atom. The monoisotopic (exact) mass is 258 g/mol. The Labute approximate surface area is 109 Å². The standard InChI is InChI=1S/C13H26N2O3/c1-10(2)14-12(13(16)17)5-7-15-6-4-8-18-11(3)9-15/h10-12,14H,4-9H2,1-3H3,(H,16,17). The van der Waals surface area contributed by atoms with Gasteiger partial charge in [-0.25, -0.2) is 0 Å². The molecule has 1 rings (SSSR count). The smallest absolute Gasteiger partial charge is 0.320 e. The molecule has 2 unspecified atom stereocenters. The molecule has 0 aromatic rings. The molecule has 1 heterocycles. The van der Waals surface area contributed by atoms with Gasteiger partial charge in [-0.05, 0) is 19.8 Å². The first-order valence-corrected chi connectivity index (χ1v) is 6.82. The summed E-state index contributed by atoms with van der Waals surface area (Å²) in [5.74, 6) is -0.761. The first kappa shape index (κ1) is 15.4. The Balaban J connectivity index is 2.38. The summed E-state index contributed by atoms with van der Waals surface area (Å²) in [4.78, 5) is 13.4. The lowest BCUT2D eigenvalue weighted by molar-refractivity contribution is -0.140. The molecule has 18 heavy (non-hydrogen) atoms. The van der Waals surface area contributed by atoms with E-state index in [0.29, 0.717) is 6.42 Å². The Morgan fingerprint density at radius 3 is 2.89 bits per heavy atom. The Hall–Kier alpha value is -0.650. The summed E-state index contributed by atoms with van der Waals surface area (Å²) in [7, 11) is 0. The summed E-state index contributed by atoms with van der Waals surface area (Å²) in [6, 6.07) is -0.262. The molecule has 0 spiro atoms. The van der Waals surface area contributed by atoms with E-state index in [0.717, 1.165) is 32.7 Å².